The summed E-state index contributed by atoms with van der Waals surface area (Å²) in [6.45, 7) is 1.70. The lowest BCUT2D eigenvalue weighted by Gasteiger charge is -2.25. The fraction of sp³-hybridized carbons (Fsp3) is 0.467. The highest BCUT2D eigenvalue weighted by molar-refractivity contribution is 6.01. The van der Waals surface area contributed by atoms with Crippen LogP contribution in [-0.2, 0) is 16.0 Å². The molecule has 1 aromatic carbocycles. The van der Waals surface area contributed by atoms with E-state index < -0.39 is 29.0 Å². The van der Waals surface area contributed by atoms with Gasteiger partial charge >= 0.3 is 17.8 Å². The number of hydrogen-bond acceptors (Lipinski definition) is 5. The number of nitrogens with zero attached hydrogens (tertiary/aromatic N) is 2. The predicted molar refractivity (Wildman–Crippen MR) is 84.0 cm³/mol. The number of nitro benzene ring substituents is 1. The molecule has 142 valence electrons. The zero-order valence-electron chi connectivity index (χ0n) is 13.9. The number of nitro groups is 1. The fourth-order valence-electron chi connectivity index (χ4n) is 2.89. The van der Waals surface area contributed by atoms with Gasteiger partial charge in [0.15, 0.2) is 0 Å². The molecule has 11 heteroatoms. The number of carbonyl (C=O) groups is 2. The highest BCUT2D eigenvalue weighted by Gasteiger charge is 2.42. The lowest BCUT2D eigenvalue weighted by atomic mass is 10.0. The number of carbonyl (C=O) groups excluding carboxylic acids is 2. The maximum absolute atomic E-state index is 12.6. The summed E-state index contributed by atoms with van der Waals surface area (Å²) in [7, 11) is 1.23. The Balaban J connectivity index is 2.46. The monoisotopic (exact) mass is 375 g/mol. The molecule has 1 aliphatic rings. The molecule has 1 atom stereocenters. The van der Waals surface area contributed by atoms with Gasteiger partial charge in [0.25, 0.3) is 0 Å². The standard InChI is InChI=1S/C15H16F3N3O5/c1-3-20-10-6-7-11(21(24)25)12(26-2)8(10)4-5-9(13(20)22)19-14(23)15(16,17)18/h6-7,9H,3-5H2,1-2H3,(H,19,23). The van der Waals surface area contributed by atoms with Gasteiger partial charge in [-0.2, -0.15) is 13.2 Å². The van der Waals surface area contributed by atoms with E-state index in [1.165, 1.54) is 24.1 Å². The number of halogens is 3. The van der Waals surface area contributed by atoms with E-state index in [4.69, 9.17) is 4.74 Å². The van der Waals surface area contributed by atoms with Crippen molar-refractivity contribution < 1.29 is 32.4 Å². The molecule has 0 bridgehead atoms. The van der Waals surface area contributed by atoms with Gasteiger partial charge in [0.05, 0.1) is 17.7 Å². The molecule has 2 amide bonds. The first kappa shape index (κ1) is 19.5. The number of alkyl halides is 3. The van der Waals surface area contributed by atoms with Crippen LogP contribution in [0.4, 0.5) is 24.5 Å². The summed E-state index contributed by atoms with van der Waals surface area (Å²) in [5, 5.41) is 12.8. The second-order valence-corrected chi connectivity index (χ2v) is 5.52. The van der Waals surface area contributed by atoms with Crippen molar-refractivity contribution in [3.05, 3.63) is 27.8 Å². The Bertz CT molecular complexity index is 751. The van der Waals surface area contributed by atoms with Gasteiger partial charge < -0.3 is 15.0 Å². The van der Waals surface area contributed by atoms with Crippen LogP contribution in [0.5, 0.6) is 5.75 Å². The van der Waals surface area contributed by atoms with Crippen molar-refractivity contribution >= 4 is 23.2 Å². The summed E-state index contributed by atoms with van der Waals surface area (Å²) < 4.78 is 42.6. The number of likely N-dealkylation sites (N-methyl/N-ethyl adjacent to an activating group) is 1. The van der Waals surface area contributed by atoms with Gasteiger partial charge in [0, 0.05) is 18.2 Å². The number of rotatable bonds is 4. The van der Waals surface area contributed by atoms with Crippen molar-refractivity contribution in [1.82, 2.24) is 5.32 Å². The van der Waals surface area contributed by atoms with Crippen molar-refractivity contribution in [3.8, 4) is 5.75 Å². The van der Waals surface area contributed by atoms with Crippen LogP contribution in [0.2, 0.25) is 0 Å². The molecule has 0 spiro atoms. The minimum atomic E-state index is -5.12. The molecule has 1 heterocycles. The summed E-state index contributed by atoms with van der Waals surface area (Å²) in [5.74, 6) is -2.99. The lowest BCUT2D eigenvalue weighted by molar-refractivity contribution is -0.385. The van der Waals surface area contributed by atoms with Crippen molar-refractivity contribution in [3.63, 3.8) is 0 Å². The first-order valence-electron chi connectivity index (χ1n) is 7.65. The zero-order chi connectivity index (χ0) is 19.6. The number of hydrogen-bond donors (Lipinski definition) is 1. The summed E-state index contributed by atoms with van der Waals surface area (Å²) in [6.07, 6.45) is -5.25. The fourth-order valence-corrected chi connectivity index (χ4v) is 2.89. The number of anilines is 1. The van der Waals surface area contributed by atoms with Crippen LogP contribution in [0.3, 0.4) is 0 Å². The molecular formula is C15H16F3N3O5. The summed E-state index contributed by atoms with van der Waals surface area (Å²) >= 11 is 0. The second kappa shape index (κ2) is 7.18. The largest absolute Gasteiger partial charge is 0.490 e. The molecule has 2 rings (SSSR count). The Morgan fingerprint density at radius 1 is 1.46 bits per heavy atom. The third kappa shape index (κ3) is 3.55. The van der Waals surface area contributed by atoms with Gasteiger partial charge in [-0.1, -0.05) is 0 Å². The van der Waals surface area contributed by atoms with Gasteiger partial charge in [-0.15, -0.1) is 0 Å². The lowest BCUT2D eigenvalue weighted by Crippen LogP contribution is -2.51. The maximum atomic E-state index is 12.6. The van der Waals surface area contributed by atoms with Gasteiger partial charge in [-0.25, -0.2) is 0 Å². The zero-order valence-corrected chi connectivity index (χ0v) is 13.9. The van der Waals surface area contributed by atoms with Crippen LogP contribution >= 0.6 is 0 Å². The molecule has 0 saturated carbocycles. The Morgan fingerprint density at radius 3 is 2.62 bits per heavy atom. The van der Waals surface area contributed by atoms with Crippen LogP contribution in [0, 0.1) is 10.1 Å². The molecule has 0 saturated heterocycles. The SMILES string of the molecule is CCN1C(=O)C(NC(=O)C(F)(F)F)CCc2c1ccc([N+](=O)[O-])c2OC. The van der Waals surface area contributed by atoms with Crippen LogP contribution in [0.1, 0.15) is 18.9 Å². The van der Waals surface area contributed by atoms with Gasteiger partial charge in [0.1, 0.15) is 6.04 Å². The van der Waals surface area contributed by atoms with E-state index >= 15 is 0 Å². The average Bonchev–Trinajstić information content (AvgIpc) is 2.69. The predicted octanol–water partition coefficient (Wildman–Crippen LogP) is 1.95. The van der Waals surface area contributed by atoms with Gasteiger partial charge in [-0.3, -0.25) is 19.7 Å². The average molecular weight is 375 g/mol. The minimum absolute atomic E-state index is 0.0191. The van der Waals surface area contributed by atoms with Gasteiger partial charge in [-0.05, 0) is 25.8 Å². The molecule has 0 fully saturated rings. The molecule has 1 aromatic rings. The van der Waals surface area contributed by atoms with Crippen LogP contribution < -0.4 is 15.0 Å². The molecule has 26 heavy (non-hydrogen) atoms. The van der Waals surface area contributed by atoms with Crippen LogP contribution in [0.25, 0.3) is 0 Å². The van der Waals surface area contributed by atoms with E-state index in [1.807, 2.05) is 0 Å². The van der Waals surface area contributed by atoms with E-state index in [1.54, 1.807) is 12.2 Å². The molecule has 1 aliphatic heterocycles. The summed E-state index contributed by atoms with van der Waals surface area (Å²) in [6, 6.07) is 1.12. The van der Waals surface area contributed by atoms with E-state index in [0.29, 0.717) is 11.3 Å². The molecule has 1 N–H and O–H groups in total. The van der Waals surface area contributed by atoms with E-state index in [9.17, 15) is 32.9 Å². The van der Waals surface area contributed by atoms with E-state index in [2.05, 4.69) is 0 Å². The number of ether oxygens (including phenoxy) is 1. The normalized spacial score (nSPS) is 17.3. The third-order valence-electron chi connectivity index (χ3n) is 4.03. The molecule has 0 aliphatic carbocycles. The first-order chi connectivity index (χ1) is 12.1. The molecule has 1 unspecified atom stereocenters. The van der Waals surface area contributed by atoms with Crippen molar-refractivity contribution in [2.75, 3.05) is 18.6 Å². The van der Waals surface area contributed by atoms with Gasteiger partial charge in [0.2, 0.25) is 11.7 Å². The molecular weight excluding hydrogens is 359 g/mol. The quantitative estimate of drug-likeness (QED) is 0.640. The third-order valence-corrected chi connectivity index (χ3v) is 4.03. The Labute approximate surface area is 146 Å². The minimum Gasteiger partial charge on any atom is -0.490 e. The van der Waals surface area contributed by atoms with Crippen LogP contribution in [0.15, 0.2) is 12.1 Å². The topological polar surface area (TPSA) is 102 Å². The summed E-state index contributed by atoms with van der Waals surface area (Å²) in [5.41, 5.74) is 0.330. The summed E-state index contributed by atoms with van der Waals surface area (Å²) in [4.78, 5) is 35.5. The Hall–Kier alpha value is -2.85. The molecule has 0 radical (unpaired) electrons. The second-order valence-electron chi connectivity index (χ2n) is 5.52. The Kier molecular flexibility index (Phi) is 5.38. The van der Waals surface area contributed by atoms with Crippen molar-refractivity contribution in [2.45, 2.75) is 32.0 Å². The first-order valence-corrected chi connectivity index (χ1v) is 7.65. The number of fused-ring (bicyclic) bond motifs is 1. The smallest absolute Gasteiger partial charge is 0.471 e. The molecule has 0 aromatic heterocycles. The van der Waals surface area contributed by atoms with Crippen molar-refractivity contribution in [2.24, 2.45) is 0 Å². The highest BCUT2D eigenvalue weighted by atomic mass is 19.4. The number of methoxy groups -OCH3 is 1. The number of amides is 2. The van der Waals surface area contributed by atoms with Crippen LogP contribution in [-0.4, -0.2) is 42.6 Å². The van der Waals surface area contributed by atoms with E-state index in [0.717, 1.165) is 0 Å². The number of benzene rings is 1. The van der Waals surface area contributed by atoms with E-state index in [-0.39, 0.29) is 30.8 Å². The highest BCUT2D eigenvalue weighted by Crippen LogP contribution is 2.40. The van der Waals surface area contributed by atoms with Crippen molar-refractivity contribution in [1.29, 1.82) is 0 Å². The maximum Gasteiger partial charge on any atom is 0.471 e. The number of nitrogens with one attached hydrogen (secondary N) is 1. The molecule has 8 nitrogen and oxygen atoms in total. The Morgan fingerprint density at radius 2 is 2.12 bits per heavy atom.